The number of amides is 2. The zero-order valence-corrected chi connectivity index (χ0v) is 20.0. The number of ether oxygens (including phenoxy) is 1. The highest BCUT2D eigenvalue weighted by Gasteiger charge is 2.27. The van der Waals surface area contributed by atoms with Gasteiger partial charge in [0.2, 0.25) is 0 Å². The molecule has 9 heteroatoms. The maximum atomic E-state index is 15.6. The van der Waals surface area contributed by atoms with Gasteiger partial charge in [-0.25, -0.2) is 9.18 Å². The number of anilines is 1. The van der Waals surface area contributed by atoms with Crippen LogP contribution < -0.4 is 16.2 Å². The topological polar surface area (TPSA) is 110 Å². The lowest BCUT2D eigenvalue weighted by atomic mass is 9.93. The van der Waals surface area contributed by atoms with E-state index in [1.165, 1.54) is 23.9 Å². The van der Waals surface area contributed by atoms with Crippen LogP contribution in [0.4, 0.5) is 14.9 Å². The lowest BCUT2D eigenvalue weighted by Gasteiger charge is -2.19. The molecule has 35 heavy (non-hydrogen) atoms. The number of hydrogen-bond donors (Lipinski definition) is 3. The highest BCUT2D eigenvalue weighted by Crippen LogP contribution is 2.30. The Morgan fingerprint density at radius 1 is 1.17 bits per heavy atom. The highest BCUT2D eigenvalue weighted by molar-refractivity contribution is 5.91. The zero-order chi connectivity index (χ0) is 25.7. The van der Waals surface area contributed by atoms with Gasteiger partial charge in [0.25, 0.3) is 5.56 Å². The molecule has 0 aliphatic carbocycles. The van der Waals surface area contributed by atoms with E-state index < -0.39 is 29.3 Å². The number of benzene rings is 2. The monoisotopic (exact) mass is 481 g/mol. The van der Waals surface area contributed by atoms with E-state index in [9.17, 15) is 19.5 Å². The third-order valence-electron chi connectivity index (χ3n) is 5.54. The average molecular weight is 482 g/mol. The number of nitrogens with one attached hydrogen (secondary N) is 2. The number of carbonyl (C=O) groups is 2. The van der Waals surface area contributed by atoms with E-state index in [2.05, 4.69) is 10.6 Å². The number of halogens is 1. The third kappa shape index (κ3) is 5.68. The summed E-state index contributed by atoms with van der Waals surface area (Å²) in [5, 5.41) is 15.0. The minimum Gasteiger partial charge on any atom is -0.505 e. The maximum Gasteiger partial charge on any atom is 0.319 e. The van der Waals surface area contributed by atoms with Crippen LogP contribution in [-0.4, -0.2) is 34.8 Å². The van der Waals surface area contributed by atoms with Gasteiger partial charge in [0.05, 0.1) is 6.61 Å². The largest absolute Gasteiger partial charge is 0.505 e. The first kappa shape index (κ1) is 25.5. The van der Waals surface area contributed by atoms with Gasteiger partial charge in [-0.05, 0) is 26.3 Å². The Labute approximate surface area is 202 Å². The number of rotatable bonds is 7. The highest BCUT2D eigenvalue weighted by atomic mass is 19.1. The van der Waals surface area contributed by atoms with Crippen LogP contribution in [0, 0.1) is 19.7 Å². The molecule has 1 aromatic heterocycles. The second kappa shape index (κ2) is 10.9. The van der Waals surface area contributed by atoms with Crippen LogP contribution in [0.2, 0.25) is 0 Å². The van der Waals surface area contributed by atoms with Crippen molar-refractivity contribution < 1.29 is 23.8 Å². The summed E-state index contributed by atoms with van der Waals surface area (Å²) >= 11 is 0. The van der Waals surface area contributed by atoms with E-state index >= 15 is 4.39 Å². The van der Waals surface area contributed by atoms with Gasteiger partial charge in [-0.15, -0.1) is 0 Å². The van der Waals surface area contributed by atoms with Crippen molar-refractivity contribution in [2.24, 2.45) is 7.05 Å². The van der Waals surface area contributed by atoms with Gasteiger partial charge in [-0.1, -0.05) is 48.0 Å². The Morgan fingerprint density at radius 3 is 2.57 bits per heavy atom. The Morgan fingerprint density at radius 2 is 1.89 bits per heavy atom. The number of nitrogens with zero attached hydrogens (tertiary/aromatic N) is 1. The van der Waals surface area contributed by atoms with E-state index in [0.29, 0.717) is 16.7 Å². The molecule has 0 radical (unpaired) electrons. The summed E-state index contributed by atoms with van der Waals surface area (Å²) in [7, 11) is 1.48. The summed E-state index contributed by atoms with van der Waals surface area (Å²) in [4.78, 5) is 37.6. The molecule has 1 heterocycles. The van der Waals surface area contributed by atoms with E-state index in [0.717, 1.165) is 5.56 Å². The molecule has 0 saturated heterocycles. The molecule has 3 aromatic rings. The maximum absolute atomic E-state index is 15.6. The second-order valence-corrected chi connectivity index (χ2v) is 8.17. The zero-order valence-electron chi connectivity index (χ0n) is 20.0. The summed E-state index contributed by atoms with van der Waals surface area (Å²) in [5.74, 6) is -2.80. The number of urea groups is 1. The van der Waals surface area contributed by atoms with Crippen molar-refractivity contribution in [1.82, 2.24) is 9.88 Å². The molecule has 0 spiro atoms. The quantitative estimate of drug-likeness (QED) is 0.442. The van der Waals surface area contributed by atoms with Crippen molar-refractivity contribution in [1.29, 1.82) is 0 Å². The molecule has 184 valence electrons. The fourth-order valence-electron chi connectivity index (χ4n) is 3.77. The van der Waals surface area contributed by atoms with Crippen LogP contribution >= 0.6 is 0 Å². The van der Waals surface area contributed by atoms with E-state index in [1.807, 2.05) is 25.1 Å². The number of aryl methyl sites for hydroxylation is 3. The summed E-state index contributed by atoms with van der Waals surface area (Å²) in [6.07, 6.45) is 1.43. The van der Waals surface area contributed by atoms with E-state index in [4.69, 9.17) is 4.74 Å². The fourth-order valence-corrected chi connectivity index (χ4v) is 3.77. The smallest absolute Gasteiger partial charge is 0.319 e. The van der Waals surface area contributed by atoms with Crippen molar-refractivity contribution in [2.75, 3.05) is 18.5 Å². The number of esters is 1. The predicted molar refractivity (Wildman–Crippen MR) is 131 cm³/mol. The van der Waals surface area contributed by atoms with Gasteiger partial charge in [-0.3, -0.25) is 9.59 Å². The van der Waals surface area contributed by atoms with Crippen LogP contribution in [0.1, 0.15) is 29.5 Å². The van der Waals surface area contributed by atoms with E-state index in [-0.39, 0.29) is 30.2 Å². The van der Waals surface area contributed by atoms with Crippen LogP contribution in [0.15, 0.2) is 53.5 Å². The Hall–Kier alpha value is -4.14. The Kier molecular flexibility index (Phi) is 7.91. The first-order valence-electron chi connectivity index (χ1n) is 11.1. The minimum absolute atomic E-state index is 0.0667. The predicted octanol–water partition coefficient (Wildman–Crippen LogP) is 3.98. The molecule has 3 N–H and O–H groups in total. The number of aromatic hydroxyl groups is 1. The normalized spacial score (nSPS) is 11.6. The van der Waals surface area contributed by atoms with Crippen LogP contribution in [-0.2, 0) is 16.6 Å². The molecule has 0 aliphatic heterocycles. The Bertz CT molecular complexity index is 1320. The van der Waals surface area contributed by atoms with Crippen molar-refractivity contribution in [3.8, 4) is 16.9 Å². The van der Waals surface area contributed by atoms with Crippen molar-refractivity contribution >= 4 is 17.7 Å². The summed E-state index contributed by atoms with van der Waals surface area (Å²) in [5.41, 5.74) is 1.48. The average Bonchev–Trinajstić information content (AvgIpc) is 2.82. The molecule has 2 aromatic carbocycles. The van der Waals surface area contributed by atoms with E-state index in [1.54, 1.807) is 32.0 Å². The molecule has 3 rings (SSSR count). The molecule has 0 fully saturated rings. The summed E-state index contributed by atoms with van der Waals surface area (Å²) < 4.78 is 21.9. The van der Waals surface area contributed by atoms with Crippen LogP contribution in [0.5, 0.6) is 5.75 Å². The first-order valence-corrected chi connectivity index (χ1v) is 11.1. The molecular formula is C26H28FN3O5. The van der Waals surface area contributed by atoms with Gasteiger partial charge in [0.15, 0.2) is 5.69 Å². The molecule has 0 aliphatic rings. The second-order valence-electron chi connectivity index (χ2n) is 8.17. The van der Waals surface area contributed by atoms with Crippen molar-refractivity contribution in [3.63, 3.8) is 0 Å². The van der Waals surface area contributed by atoms with Crippen LogP contribution in [0.3, 0.4) is 0 Å². The Balaban J connectivity index is 1.88. The molecule has 0 bridgehead atoms. The standard InChI is InChI=1S/C26H28FN3O5/c1-5-35-25(33)20(13-28-26(34)29-22-23(31)16(3)14-30(4)24(22)32)19-11-7-10-18(21(19)27)17-9-6-8-15(2)12-17/h6-12,14,20,31H,5,13H2,1-4H3,(H2,28,29,34). The fraction of sp³-hybridized carbons (Fsp3) is 0.269. The molecule has 8 nitrogen and oxygen atoms in total. The van der Waals surface area contributed by atoms with Gasteiger partial charge in [-0.2, -0.15) is 0 Å². The lowest BCUT2D eigenvalue weighted by Crippen LogP contribution is -2.37. The van der Waals surface area contributed by atoms with Gasteiger partial charge < -0.3 is 25.0 Å². The number of aromatic nitrogens is 1. The van der Waals surface area contributed by atoms with Gasteiger partial charge >= 0.3 is 12.0 Å². The summed E-state index contributed by atoms with van der Waals surface area (Å²) in [6.45, 7) is 4.89. The lowest BCUT2D eigenvalue weighted by molar-refractivity contribution is -0.144. The third-order valence-corrected chi connectivity index (χ3v) is 5.54. The van der Waals surface area contributed by atoms with Crippen LogP contribution in [0.25, 0.3) is 11.1 Å². The number of hydrogen-bond acceptors (Lipinski definition) is 5. The summed E-state index contributed by atoms with van der Waals surface area (Å²) in [6, 6.07) is 11.2. The minimum atomic E-state index is -1.14. The first-order chi connectivity index (χ1) is 16.6. The SMILES string of the molecule is CCOC(=O)C(CNC(=O)Nc1c(O)c(C)cn(C)c1=O)c1cccc(-c2cccc(C)c2)c1F. The van der Waals surface area contributed by atoms with Gasteiger partial charge in [0.1, 0.15) is 17.5 Å². The van der Waals surface area contributed by atoms with Gasteiger partial charge in [0, 0.05) is 36.5 Å². The molecule has 1 unspecified atom stereocenters. The molecule has 1 atom stereocenters. The molecule has 2 amide bonds. The molecule has 0 saturated carbocycles. The number of pyridine rings is 1. The molecular weight excluding hydrogens is 453 g/mol. The van der Waals surface area contributed by atoms with Crippen molar-refractivity contribution in [2.45, 2.75) is 26.7 Å². The number of carbonyl (C=O) groups excluding carboxylic acids is 2. The van der Waals surface area contributed by atoms with Crippen molar-refractivity contribution in [3.05, 3.63) is 81.5 Å².